The Morgan fingerprint density at radius 3 is 2.56 bits per heavy atom. The molecule has 25 heavy (non-hydrogen) atoms. The molecule has 0 bridgehead atoms. The smallest absolute Gasteiger partial charge is 0.266 e. The molecule has 0 fully saturated rings. The summed E-state index contributed by atoms with van der Waals surface area (Å²) in [7, 11) is 1.59. The van der Waals surface area contributed by atoms with Crippen LogP contribution in [0, 0.1) is 14.9 Å². The largest absolute Gasteiger partial charge is 0.494 e. The van der Waals surface area contributed by atoms with E-state index in [0.29, 0.717) is 5.69 Å². The molecule has 0 aromatic heterocycles. The number of halogens is 2. The van der Waals surface area contributed by atoms with E-state index in [2.05, 4.69) is 50.8 Å². The molecule has 4 nitrogen and oxygen atoms in total. The third kappa shape index (κ3) is 5.06. The molecule has 0 saturated carbocycles. The first-order valence-electron chi connectivity index (χ1n) is 7.53. The molecule has 0 aliphatic carbocycles. The maximum atomic E-state index is 12.4. The Kier molecular flexibility index (Phi) is 7.02. The zero-order valence-electron chi connectivity index (χ0n) is 13.8. The molecule has 0 spiro atoms. The molecule has 0 heterocycles. The number of nitrogens with zero attached hydrogens (tertiary/aromatic N) is 1. The number of nitriles is 1. The quantitative estimate of drug-likeness (QED) is 0.343. The topological polar surface area (TPSA) is 62.1 Å². The number of hydrogen-bond acceptors (Lipinski definition) is 3. The van der Waals surface area contributed by atoms with Crippen LogP contribution in [0.15, 0.2) is 46.4 Å². The second-order valence-electron chi connectivity index (χ2n) is 5.19. The molecule has 0 unspecified atom stereocenters. The van der Waals surface area contributed by atoms with Crippen LogP contribution in [0.25, 0.3) is 6.08 Å². The van der Waals surface area contributed by atoms with E-state index in [4.69, 9.17) is 4.74 Å². The molecule has 2 aromatic rings. The minimum Gasteiger partial charge on any atom is -0.494 e. The van der Waals surface area contributed by atoms with Crippen molar-refractivity contribution in [3.05, 3.63) is 61.1 Å². The molecule has 0 aliphatic heterocycles. The van der Waals surface area contributed by atoms with E-state index in [1.165, 1.54) is 5.56 Å². The number of rotatable bonds is 5. The van der Waals surface area contributed by atoms with E-state index in [1.807, 2.05) is 42.5 Å². The van der Waals surface area contributed by atoms with Crippen molar-refractivity contribution in [3.8, 4) is 11.8 Å². The number of carbonyl (C=O) groups excluding carboxylic acids is 1. The Morgan fingerprint density at radius 1 is 1.36 bits per heavy atom. The maximum absolute atomic E-state index is 12.4. The summed E-state index contributed by atoms with van der Waals surface area (Å²) in [4.78, 5) is 12.4. The van der Waals surface area contributed by atoms with Gasteiger partial charge >= 0.3 is 0 Å². The van der Waals surface area contributed by atoms with Gasteiger partial charge in [-0.25, -0.2) is 0 Å². The molecular weight excluding hydrogens is 495 g/mol. The molecule has 1 N–H and O–H groups in total. The van der Waals surface area contributed by atoms with Gasteiger partial charge in [0.25, 0.3) is 5.91 Å². The first kappa shape index (κ1) is 19.5. The van der Waals surface area contributed by atoms with Crippen molar-refractivity contribution in [2.24, 2.45) is 0 Å². The number of hydrogen-bond donors (Lipinski definition) is 1. The van der Waals surface area contributed by atoms with Crippen LogP contribution >= 0.6 is 38.5 Å². The van der Waals surface area contributed by atoms with Crippen molar-refractivity contribution in [2.45, 2.75) is 13.3 Å². The predicted molar refractivity (Wildman–Crippen MR) is 111 cm³/mol. The summed E-state index contributed by atoms with van der Waals surface area (Å²) >= 11 is 5.58. The number of methoxy groups -OCH3 is 1. The Balaban J connectivity index is 2.24. The van der Waals surface area contributed by atoms with Gasteiger partial charge in [0, 0.05) is 5.69 Å². The number of benzene rings is 2. The van der Waals surface area contributed by atoms with Crippen molar-refractivity contribution in [1.82, 2.24) is 0 Å². The van der Waals surface area contributed by atoms with E-state index in [9.17, 15) is 10.1 Å². The summed E-state index contributed by atoms with van der Waals surface area (Å²) in [5.74, 6) is 0.283. The summed E-state index contributed by atoms with van der Waals surface area (Å²) in [5, 5.41) is 12.1. The molecule has 2 rings (SSSR count). The van der Waals surface area contributed by atoms with Gasteiger partial charge in [-0.3, -0.25) is 4.79 Å². The van der Waals surface area contributed by atoms with Crippen LogP contribution in [-0.4, -0.2) is 13.0 Å². The lowest BCUT2D eigenvalue weighted by Gasteiger charge is -2.08. The molecule has 6 heteroatoms. The standard InChI is InChI=1S/C19H16BrIN2O2/c1-3-12-4-6-15(7-5-12)23-19(24)14(11-22)8-13-9-16(20)18(25-2)17(21)10-13/h4-10H,3H2,1-2H3,(H,23,24)/b14-8+. The Labute approximate surface area is 169 Å². The van der Waals surface area contributed by atoms with Gasteiger partial charge in [0.15, 0.2) is 0 Å². The van der Waals surface area contributed by atoms with Gasteiger partial charge in [0.05, 0.1) is 15.2 Å². The van der Waals surface area contributed by atoms with Crippen LogP contribution in [0.4, 0.5) is 5.69 Å². The van der Waals surface area contributed by atoms with E-state index in [-0.39, 0.29) is 5.57 Å². The Hall–Kier alpha value is -1.85. The second kappa shape index (κ2) is 9.02. The van der Waals surface area contributed by atoms with Gasteiger partial charge in [-0.2, -0.15) is 5.26 Å². The first-order valence-corrected chi connectivity index (χ1v) is 9.40. The Morgan fingerprint density at radius 2 is 2.04 bits per heavy atom. The van der Waals surface area contributed by atoms with E-state index in [0.717, 1.165) is 25.8 Å². The fourth-order valence-electron chi connectivity index (χ4n) is 2.20. The van der Waals surface area contributed by atoms with E-state index >= 15 is 0 Å². The molecule has 2 aromatic carbocycles. The van der Waals surface area contributed by atoms with Crippen LogP contribution < -0.4 is 10.1 Å². The van der Waals surface area contributed by atoms with Crippen molar-refractivity contribution in [2.75, 3.05) is 12.4 Å². The second-order valence-corrected chi connectivity index (χ2v) is 7.21. The lowest BCUT2D eigenvalue weighted by atomic mass is 10.1. The van der Waals surface area contributed by atoms with Gasteiger partial charge in [0.2, 0.25) is 0 Å². The number of anilines is 1. The van der Waals surface area contributed by atoms with Crippen LogP contribution in [-0.2, 0) is 11.2 Å². The van der Waals surface area contributed by atoms with Crippen molar-refractivity contribution >= 4 is 56.2 Å². The molecule has 0 atom stereocenters. The number of ether oxygens (including phenoxy) is 1. The number of nitrogens with one attached hydrogen (secondary N) is 1. The summed E-state index contributed by atoms with van der Waals surface area (Å²) in [6.45, 7) is 2.07. The molecular formula is C19H16BrIN2O2. The van der Waals surface area contributed by atoms with Crippen molar-refractivity contribution in [3.63, 3.8) is 0 Å². The summed E-state index contributed by atoms with van der Waals surface area (Å²) < 4.78 is 6.94. The fourth-order valence-corrected chi connectivity index (χ4v) is 4.08. The van der Waals surface area contributed by atoms with E-state index < -0.39 is 5.91 Å². The molecule has 0 aliphatic rings. The third-order valence-corrected chi connectivity index (χ3v) is 4.91. The average molecular weight is 511 g/mol. The predicted octanol–water partition coefficient (Wildman–Crippen LogP) is 5.17. The first-order chi connectivity index (χ1) is 12.0. The summed E-state index contributed by atoms with van der Waals surface area (Å²) in [6, 6.07) is 13.2. The van der Waals surface area contributed by atoms with Gasteiger partial charge in [0.1, 0.15) is 17.4 Å². The highest BCUT2D eigenvalue weighted by Crippen LogP contribution is 2.32. The highest BCUT2D eigenvalue weighted by Gasteiger charge is 2.12. The SMILES string of the molecule is CCc1ccc(NC(=O)/C(C#N)=C/c2cc(Br)c(OC)c(I)c2)cc1. The highest BCUT2D eigenvalue weighted by molar-refractivity contribution is 14.1. The fraction of sp³-hybridized carbons (Fsp3) is 0.158. The number of amides is 1. The zero-order valence-corrected chi connectivity index (χ0v) is 17.5. The van der Waals surface area contributed by atoms with Crippen molar-refractivity contribution < 1.29 is 9.53 Å². The molecule has 1 amide bonds. The lowest BCUT2D eigenvalue weighted by Crippen LogP contribution is -2.13. The van der Waals surface area contributed by atoms with Crippen LogP contribution in [0.3, 0.4) is 0 Å². The average Bonchev–Trinajstić information content (AvgIpc) is 2.60. The minimum atomic E-state index is -0.436. The van der Waals surface area contributed by atoms with Crippen LogP contribution in [0.5, 0.6) is 5.75 Å². The Bertz CT molecular complexity index is 832. The van der Waals surface area contributed by atoms with E-state index in [1.54, 1.807) is 13.2 Å². The molecule has 0 radical (unpaired) electrons. The molecule has 0 saturated heterocycles. The summed E-state index contributed by atoms with van der Waals surface area (Å²) in [5.41, 5.74) is 2.62. The lowest BCUT2D eigenvalue weighted by molar-refractivity contribution is -0.112. The number of aryl methyl sites for hydroxylation is 1. The normalized spacial score (nSPS) is 10.9. The monoisotopic (exact) mass is 510 g/mol. The maximum Gasteiger partial charge on any atom is 0.266 e. The van der Waals surface area contributed by atoms with Gasteiger partial charge < -0.3 is 10.1 Å². The molecule has 128 valence electrons. The van der Waals surface area contributed by atoms with Gasteiger partial charge in [-0.05, 0) is 86.4 Å². The van der Waals surface area contributed by atoms with Crippen molar-refractivity contribution in [1.29, 1.82) is 5.26 Å². The number of carbonyl (C=O) groups is 1. The zero-order chi connectivity index (χ0) is 18.4. The van der Waals surface area contributed by atoms with Crippen LogP contribution in [0.2, 0.25) is 0 Å². The highest BCUT2D eigenvalue weighted by atomic mass is 127. The van der Waals surface area contributed by atoms with Gasteiger partial charge in [-0.15, -0.1) is 0 Å². The van der Waals surface area contributed by atoms with Crippen LogP contribution in [0.1, 0.15) is 18.1 Å². The summed E-state index contributed by atoms with van der Waals surface area (Å²) in [6.07, 6.45) is 2.49. The minimum absolute atomic E-state index is 0.0347. The third-order valence-electron chi connectivity index (χ3n) is 3.52. The van der Waals surface area contributed by atoms with Gasteiger partial charge in [-0.1, -0.05) is 19.1 Å².